The summed E-state index contributed by atoms with van der Waals surface area (Å²) in [6, 6.07) is 0. The Bertz CT molecular complexity index is 286. The van der Waals surface area contributed by atoms with Gasteiger partial charge in [0, 0.05) is 19.3 Å². The average molecular weight is 284 g/mol. The lowest BCUT2D eigenvalue weighted by atomic mass is 10.0. The predicted molar refractivity (Wildman–Crippen MR) is 91.2 cm³/mol. The van der Waals surface area contributed by atoms with Crippen LogP contribution in [0, 0.1) is 12.8 Å². The number of rotatable bonds is 1. The first-order valence-corrected chi connectivity index (χ1v) is 8.28. The molecule has 2 heterocycles. The van der Waals surface area contributed by atoms with Gasteiger partial charge in [0.25, 0.3) is 0 Å². The molecule has 1 atom stereocenters. The van der Waals surface area contributed by atoms with Crippen molar-refractivity contribution < 1.29 is 0 Å². The molecule has 0 aromatic carbocycles. The number of aryl methyl sites for hydroxylation is 2. The summed E-state index contributed by atoms with van der Waals surface area (Å²) in [4.78, 5) is 6.46. The van der Waals surface area contributed by atoms with E-state index >= 15 is 0 Å². The molecule has 1 fully saturated rings. The van der Waals surface area contributed by atoms with E-state index in [0.29, 0.717) is 0 Å². The number of hydrogen-bond donors (Lipinski definition) is 0. The second-order valence-electron chi connectivity index (χ2n) is 4.86. The molecule has 1 aliphatic heterocycles. The number of piperidine rings is 1. The quantitative estimate of drug-likeness (QED) is 0.750. The lowest BCUT2D eigenvalue weighted by Crippen LogP contribution is -2.30. The Labute approximate surface area is 127 Å². The van der Waals surface area contributed by atoms with Gasteiger partial charge < -0.3 is 9.47 Å². The van der Waals surface area contributed by atoms with Gasteiger partial charge in [-0.3, -0.25) is 0 Å². The van der Waals surface area contributed by atoms with Gasteiger partial charge >= 0.3 is 0 Å². The molecule has 0 radical (unpaired) electrons. The third kappa shape index (κ3) is 11.0. The first-order chi connectivity index (χ1) is 9.61. The molecule has 0 amide bonds. The van der Waals surface area contributed by atoms with Crippen LogP contribution >= 0.6 is 0 Å². The highest BCUT2D eigenvalue weighted by Crippen LogP contribution is 2.12. The fraction of sp³-hybridized carbons (Fsp3) is 0.824. The molecular weight excluding hydrogens is 246 g/mol. The fourth-order valence-electron chi connectivity index (χ4n) is 2.07. The number of hydrogen-bond acceptors (Lipinski definition) is 2. The summed E-state index contributed by atoms with van der Waals surface area (Å²) in [6.07, 6.45) is 6.71. The SMILES string of the molecule is CC.CC.CC1CCCN(C)C1.CCn1cnc(C)c1. The van der Waals surface area contributed by atoms with Crippen molar-refractivity contribution in [3.8, 4) is 0 Å². The van der Waals surface area contributed by atoms with Crippen molar-refractivity contribution in [2.45, 2.75) is 67.9 Å². The van der Waals surface area contributed by atoms with Gasteiger partial charge in [0.15, 0.2) is 0 Å². The van der Waals surface area contributed by atoms with Crippen LogP contribution < -0.4 is 0 Å². The normalized spacial score (nSPS) is 17.7. The minimum absolute atomic E-state index is 0.939. The van der Waals surface area contributed by atoms with Crippen molar-refractivity contribution in [3.05, 3.63) is 18.2 Å². The van der Waals surface area contributed by atoms with Crippen molar-refractivity contribution in [3.63, 3.8) is 0 Å². The molecule has 1 aliphatic rings. The van der Waals surface area contributed by atoms with E-state index in [0.717, 1.165) is 18.2 Å². The molecular formula is C17H37N3. The third-order valence-corrected chi connectivity index (χ3v) is 2.99. The largest absolute Gasteiger partial charge is 0.337 e. The Kier molecular flexibility index (Phi) is 15.6. The number of likely N-dealkylation sites (tertiary alicyclic amines) is 1. The summed E-state index contributed by atoms with van der Waals surface area (Å²) in [7, 11) is 2.20. The molecule has 0 N–H and O–H groups in total. The van der Waals surface area contributed by atoms with E-state index in [1.54, 1.807) is 0 Å². The monoisotopic (exact) mass is 283 g/mol. The van der Waals surface area contributed by atoms with Gasteiger partial charge in [-0.05, 0) is 46.2 Å². The lowest BCUT2D eigenvalue weighted by molar-refractivity contribution is 0.221. The first-order valence-electron chi connectivity index (χ1n) is 8.28. The van der Waals surface area contributed by atoms with Gasteiger partial charge in [0.05, 0.1) is 12.0 Å². The van der Waals surface area contributed by atoms with Crippen LogP contribution in [0.3, 0.4) is 0 Å². The van der Waals surface area contributed by atoms with Gasteiger partial charge in [-0.1, -0.05) is 34.6 Å². The highest BCUT2D eigenvalue weighted by Gasteiger charge is 2.11. The first kappa shape index (κ1) is 21.5. The molecule has 2 rings (SSSR count). The lowest BCUT2D eigenvalue weighted by Gasteiger charge is -2.26. The highest BCUT2D eigenvalue weighted by atomic mass is 15.1. The molecule has 0 aliphatic carbocycles. The van der Waals surface area contributed by atoms with Crippen molar-refractivity contribution in [2.75, 3.05) is 20.1 Å². The summed E-state index contributed by atoms with van der Waals surface area (Å²) in [5, 5.41) is 0. The molecule has 3 nitrogen and oxygen atoms in total. The third-order valence-electron chi connectivity index (χ3n) is 2.99. The summed E-state index contributed by atoms with van der Waals surface area (Å²) in [6.45, 7) is 18.0. The Balaban J connectivity index is 0. The summed E-state index contributed by atoms with van der Waals surface area (Å²) >= 11 is 0. The van der Waals surface area contributed by atoms with Gasteiger partial charge in [-0.15, -0.1) is 0 Å². The maximum atomic E-state index is 4.05. The smallest absolute Gasteiger partial charge is 0.0949 e. The molecule has 0 spiro atoms. The predicted octanol–water partition coefficient (Wildman–Crippen LogP) is 4.61. The van der Waals surface area contributed by atoms with Crippen LogP contribution in [-0.4, -0.2) is 34.6 Å². The van der Waals surface area contributed by atoms with Gasteiger partial charge in [-0.2, -0.15) is 0 Å². The molecule has 120 valence electrons. The average Bonchev–Trinajstić information content (AvgIpc) is 2.89. The minimum atomic E-state index is 0.939. The van der Waals surface area contributed by atoms with Crippen molar-refractivity contribution in [1.29, 1.82) is 0 Å². The van der Waals surface area contributed by atoms with Crippen LogP contribution in [0.5, 0.6) is 0 Å². The highest BCUT2D eigenvalue weighted by molar-refractivity contribution is 4.91. The van der Waals surface area contributed by atoms with Crippen LogP contribution in [0.4, 0.5) is 0 Å². The topological polar surface area (TPSA) is 21.1 Å². The van der Waals surface area contributed by atoms with E-state index < -0.39 is 0 Å². The molecule has 1 unspecified atom stereocenters. The molecule has 1 saturated heterocycles. The van der Waals surface area contributed by atoms with Gasteiger partial charge in [-0.25, -0.2) is 4.98 Å². The molecule has 0 bridgehead atoms. The Morgan fingerprint density at radius 3 is 2.10 bits per heavy atom. The van der Waals surface area contributed by atoms with E-state index in [9.17, 15) is 0 Å². The maximum Gasteiger partial charge on any atom is 0.0949 e. The number of nitrogens with zero attached hydrogens (tertiary/aromatic N) is 3. The number of aromatic nitrogens is 2. The summed E-state index contributed by atoms with van der Waals surface area (Å²) in [5.41, 5.74) is 1.09. The molecule has 1 aromatic rings. The molecule has 3 heteroatoms. The van der Waals surface area contributed by atoms with Crippen LogP contribution in [0.25, 0.3) is 0 Å². The Hall–Kier alpha value is -0.830. The van der Waals surface area contributed by atoms with Gasteiger partial charge in [0.2, 0.25) is 0 Å². The summed E-state index contributed by atoms with van der Waals surface area (Å²) < 4.78 is 2.05. The van der Waals surface area contributed by atoms with E-state index in [1.807, 2.05) is 47.1 Å². The second-order valence-corrected chi connectivity index (χ2v) is 4.86. The van der Waals surface area contributed by atoms with Crippen LogP contribution in [0.15, 0.2) is 12.5 Å². The second kappa shape index (κ2) is 14.6. The van der Waals surface area contributed by atoms with Crippen molar-refractivity contribution in [1.82, 2.24) is 14.5 Å². The van der Waals surface area contributed by atoms with Crippen LogP contribution in [0.1, 0.15) is 60.1 Å². The molecule has 20 heavy (non-hydrogen) atoms. The minimum Gasteiger partial charge on any atom is -0.337 e. The molecule has 0 saturated carbocycles. The van der Waals surface area contributed by atoms with Crippen molar-refractivity contribution in [2.24, 2.45) is 5.92 Å². The summed E-state index contributed by atoms with van der Waals surface area (Å²) in [5.74, 6) is 0.939. The van der Waals surface area contributed by atoms with E-state index in [4.69, 9.17) is 0 Å². The van der Waals surface area contributed by atoms with Crippen LogP contribution in [0.2, 0.25) is 0 Å². The van der Waals surface area contributed by atoms with Gasteiger partial charge in [0.1, 0.15) is 0 Å². The number of imidazole rings is 1. The fourth-order valence-corrected chi connectivity index (χ4v) is 2.07. The van der Waals surface area contributed by atoms with E-state index in [2.05, 4.69) is 35.3 Å². The standard InChI is InChI=1S/C7H15N.C6H10N2.2C2H6/c1-7-4-3-5-8(2)6-7;1-3-8-4-6(2)7-5-8;2*1-2/h7H,3-6H2,1-2H3;4-5H,3H2,1-2H3;2*1-2H3. The Morgan fingerprint density at radius 1 is 1.25 bits per heavy atom. The zero-order valence-corrected chi connectivity index (χ0v) is 15.1. The Morgan fingerprint density at radius 2 is 1.85 bits per heavy atom. The zero-order chi connectivity index (χ0) is 16.0. The maximum absolute atomic E-state index is 4.05. The zero-order valence-electron chi connectivity index (χ0n) is 15.1. The van der Waals surface area contributed by atoms with E-state index in [-0.39, 0.29) is 0 Å². The van der Waals surface area contributed by atoms with Crippen LogP contribution in [-0.2, 0) is 6.54 Å². The molecule has 1 aromatic heterocycles. The van der Waals surface area contributed by atoms with Crippen molar-refractivity contribution >= 4 is 0 Å². The van der Waals surface area contributed by atoms with E-state index in [1.165, 1.54) is 25.9 Å².